The lowest BCUT2D eigenvalue weighted by molar-refractivity contribution is 0.460. The van der Waals surface area contributed by atoms with Gasteiger partial charge in [0.05, 0.1) is 0 Å². The third-order valence-corrected chi connectivity index (χ3v) is 3.13. The molecule has 19 heavy (non-hydrogen) atoms. The van der Waals surface area contributed by atoms with Gasteiger partial charge in [-0.25, -0.2) is 4.98 Å². The number of hydrogen-bond donors (Lipinski definition) is 0. The SMILES string of the molecule is CCCc1cc(CCl)cc(Oc2ccc(C)cc2)n1. The van der Waals surface area contributed by atoms with E-state index >= 15 is 0 Å². The van der Waals surface area contributed by atoms with Crippen LogP contribution in [0, 0.1) is 6.92 Å². The number of ether oxygens (including phenoxy) is 1. The second kappa shape index (κ2) is 6.58. The highest BCUT2D eigenvalue weighted by Gasteiger charge is 2.04. The molecular weight excluding hydrogens is 258 g/mol. The highest BCUT2D eigenvalue weighted by molar-refractivity contribution is 6.17. The Morgan fingerprint density at radius 3 is 2.53 bits per heavy atom. The first kappa shape index (κ1) is 13.9. The van der Waals surface area contributed by atoms with Gasteiger partial charge in [0.15, 0.2) is 0 Å². The van der Waals surface area contributed by atoms with Gasteiger partial charge < -0.3 is 4.74 Å². The van der Waals surface area contributed by atoms with E-state index in [2.05, 4.69) is 18.8 Å². The molecule has 0 spiro atoms. The maximum atomic E-state index is 5.91. The van der Waals surface area contributed by atoms with Crippen LogP contribution in [0.3, 0.4) is 0 Å². The molecule has 0 unspecified atom stereocenters. The summed E-state index contributed by atoms with van der Waals surface area (Å²) >= 11 is 5.91. The summed E-state index contributed by atoms with van der Waals surface area (Å²) in [5, 5.41) is 0. The highest BCUT2D eigenvalue weighted by Crippen LogP contribution is 2.22. The van der Waals surface area contributed by atoms with Gasteiger partial charge in [-0.05, 0) is 37.1 Å². The summed E-state index contributed by atoms with van der Waals surface area (Å²) in [6.45, 7) is 4.19. The van der Waals surface area contributed by atoms with Crippen LogP contribution in [0.4, 0.5) is 0 Å². The lowest BCUT2D eigenvalue weighted by atomic mass is 10.2. The van der Waals surface area contributed by atoms with Gasteiger partial charge in [-0.15, -0.1) is 11.6 Å². The molecule has 0 atom stereocenters. The van der Waals surface area contributed by atoms with Crippen molar-refractivity contribution >= 4 is 11.6 Å². The Labute approximate surface area is 119 Å². The number of rotatable bonds is 5. The van der Waals surface area contributed by atoms with Gasteiger partial charge in [0.25, 0.3) is 0 Å². The van der Waals surface area contributed by atoms with Crippen molar-refractivity contribution in [3.8, 4) is 11.6 Å². The third kappa shape index (κ3) is 3.97. The lowest BCUT2D eigenvalue weighted by Gasteiger charge is -2.09. The van der Waals surface area contributed by atoms with E-state index in [1.807, 2.05) is 36.4 Å². The van der Waals surface area contributed by atoms with Gasteiger partial charge in [0.1, 0.15) is 5.75 Å². The molecule has 2 nitrogen and oxygen atoms in total. The Morgan fingerprint density at radius 2 is 1.89 bits per heavy atom. The predicted octanol–water partition coefficient (Wildman–Crippen LogP) is 4.87. The smallest absolute Gasteiger partial charge is 0.219 e. The van der Waals surface area contributed by atoms with Crippen molar-refractivity contribution in [2.75, 3.05) is 0 Å². The number of aryl methyl sites for hydroxylation is 2. The maximum absolute atomic E-state index is 5.91. The van der Waals surface area contributed by atoms with Crippen LogP contribution < -0.4 is 4.74 Å². The minimum absolute atomic E-state index is 0.476. The average molecular weight is 276 g/mol. The molecule has 3 heteroatoms. The molecule has 0 aliphatic carbocycles. The Balaban J connectivity index is 2.23. The molecule has 0 N–H and O–H groups in total. The zero-order valence-corrected chi connectivity index (χ0v) is 12.1. The Hall–Kier alpha value is -1.54. The van der Waals surface area contributed by atoms with Crippen molar-refractivity contribution in [1.82, 2.24) is 4.98 Å². The van der Waals surface area contributed by atoms with Crippen LogP contribution >= 0.6 is 11.6 Å². The van der Waals surface area contributed by atoms with Crippen LogP contribution in [0.1, 0.15) is 30.2 Å². The van der Waals surface area contributed by atoms with E-state index in [0.717, 1.165) is 29.8 Å². The minimum Gasteiger partial charge on any atom is -0.439 e. The zero-order valence-electron chi connectivity index (χ0n) is 11.3. The van der Waals surface area contributed by atoms with Crippen molar-refractivity contribution in [2.45, 2.75) is 32.6 Å². The molecule has 0 bridgehead atoms. The van der Waals surface area contributed by atoms with Crippen molar-refractivity contribution in [3.63, 3.8) is 0 Å². The number of halogens is 1. The van der Waals surface area contributed by atoms with E-state index in [-0.39, 0.29) is 0 Å². The fraction of sp³-hybridized carbons (Fsp3) is 0.312. The maximum Gasteiger partial charge on any atom is 0.219 e. The van der Waals surface area contributed by atoms with E-state index < -0.39 is 0 Å². The third-order valence-electron chi connectivity index (χ3n) is 2.82. The fourth-order valence-electron chi connectivity index (χ4n) is 1.86. The van der Waals surface area contributed by atoms with Crippen molar-refractivity contribution < 1.29 is 4.74 Å². The molecule has 0 aliphatic rings. The molecule has 2 rings (SSSR count). The normalized spacial score (nSPS) is 10.5. The topological polar surface area (TPSA) is 22.1 Å². The first-order valence-electron chi connectivity index (χ1n) is 6.51. The summed E-state index contributed by atoms with van der Waals surface area (Å²) in [5.41, 5.74) is 3.28. The number of alkyl halides is 1. The van der Waals surface area contributed by atoms with Crippen molar-refractivity contribution in [2.24, 2.45) is 0 Å². The van der Waals surface area contributed by atoms with Gasteiger partial charge in [0.2, 0.25) is 5.88 Å². The van der Waals surface area contributed by atoms with Crippen LogP contribution in [-0.2, 0) is 12.3 Å². The fourth-order valence-corrected chi connectivity index (χ4v) is 2.02. The molecular formula is C16H18ClNO. The zero-order chi connectivity index (χ0) is 13.7. The molecule has 1 aromatic carbocycles. The van der Waals surface area contributed by atoms with Crippen molar-refractivity contribution in [3.05, 3.63) is 53.2 Å². The Morgan fingerprint density at radius 1 is 1.16 bits per heavy atom. The van der Waals surface area contributed by atoms with Crippen LogP contribution in [0.5, 0.6) is 11.6 Å². The van der Waals surface area contributed by atoms with Crippen LogP contribution in [0.2, 0.25) is 0 Å². The number of pyridine rings is 1. The van der Waals surface area contributed by atoms with Crippen molar-refractivity contribution in [1.29, 1.82) is 0 Å². The first-order chi connectivity index (χ1) is 9.21. The largest absolute Gasteiger partial charge is 0.439 e. The number of nitrogens with zero attached hydrogens (tertiary/aromatic N) is 1. The second-order valence-electron chi connectivity index (χ2n) is 4.60. The lowest BCUT2D eigenvalue weighted by Crippen LogP contribution is -1.96. The Kier molecular flexibility index (Phi) is 4.80. The standard InChI is InChI=1S/C16H18ClNO/c1-3-4-14-9-13(11-17)10-16(18-14)19-15-7-5-12(2)6-8-15/h5-10H,3-4,11H2,1-2H3. The van der Waals surface area contributed by atoms with Gasteiger partial charge in [-0.1, -0.05) is 31.0 Å². The first-order valence-corrected chi connectivity index (χ1v) is 7.05. The number of hydrogen-bond acceptors (Lipinski definition) is 2. The molecule has 1 aromatic heterocycles. The monoisotopic (exact) mass is 275 g/mol. The summed E-state index contributed by atoms with van der Waals surface area (Å²) in [6, 6.07) is 11.9. The number of benzene rings is 1. The van der Waals surface area contributed by atoms with Crippen LogP contribution in [0.25, 0.3) is 0 Å². The summed E-state index contributed by atoms with van der Waals surface area (Å²) in [5.74, 6) is 1.89. The van der Waals surface area contributed by atoms with Gasteiger partial charge in [-0.2, -0.15) is 0 Å². The average Bonchev–Trinajstić information content (AvgIpc) is 2.41. The molecule has 2 aromatic rings. The molecule has 0 amide bonds. The van der Waals surface area contributed by atoms with E-state index in [1.165, 1.54) is 5.56 Å². The molecule has 100 valence electrons. The molecule has 0 saturated carbocycles. The molecule has 0 fully saturated rings. The van der Waals surface area contributed by atoms with Crippen LogP contribution in [-0.4, -0.2) is 4.98 Å². The predicted molar refractivity (Wildman–Crippen MR) is 79.0 cm³/mol. The Bertz CT molecular complexity index is 537. The van der Waals surface area contributed by atoms with Gasteiger partial charge >= 0.3 is 0 Å². The van der Waals surface area contributed by atoms with Gasteiger partial charge in [-0.3, -0.25) is 0 Å². The molecule has 0 aliphatic heterocycles. The van der Waals surface area contributed by atoms with E-state index in [4.69, 9.17) is 16.3 Å². The van der Waals surface area contributed by atoms with Gasteiger partial charge in [0, 0.05) is 17.6 Å². The molecule has 0 radical (unpaired) electrons. The number of aromatic nitrogens is 1. The molecule has 1 heterocycles. The summed E-state index contributed by atoms with van der Waals surface area (Å²) < 4.78 is 5.79. The van der Waals surface area contributed by atoms with E-state index in [1.54, 1.807) is 0 Å². The second-order valence-corrected chi connectivity index (χ2v) is 4.87. The summed E-state index contributed by atoms with van der Waals surface area (Å²) in [6.07, 6.45) is 2.00. The summed E-state index contributed by atoms with van der Waals surface area (Å²) in [7, 11) is 0. The van der Waals surface area contributed by atoms with Crippen LogP contribution in [0.15, 0.2) is 36.4 Å². The van der Waals surface area contributed by atoms with E-state index in [0.29, 0.717) is 11.8 Å². The molecule has 0 saturated heterocycles. The highest BCUT2D eigenvalue weighted by atomic mass is 35.5. The summed E-state index contributed by atoms with van der Waals surface area (Å²) in [4.78, 5) is 4.51. The van der Waals surface area contributed by atoms with E-state index in [9.17, 15) is 0 Å². The minimum atomic E-state index is 0.476. The quantitative estimate of drug-likeness (QED) is 0.726.